The fourth-order valence-electron chi connectivity index (χ4n) is 2.52. The van der Waals surface area contributed by atoms with Gasteiger partial charge in [0.15, 0.2) is 17.4 Å². The summed E-state index contributed by atoms with van der Waals surface area (Å²) in [6, 6.07) is 12.1. The number of benzene rings is 2. The second kappa shape index (κ2) is 12.0. The van der Waals surface area contributed by atoms with Gasteiger partial charge in [-0.15, -0.1) is 0 Å². The lowest BCUT2D eigenvalue weighted by Gasteiger charge is -2.13. The predicted molar refractivity (Wildman–Crippen MR) is 108 cm³/mol. The van der Waals surface area contributed by atoms with Crippen LogP contribution in [0.4, 0.5) is 36.6 Å². The molecule has 1 aromatic heterocycles. The van der Waals surface area contributed by atoms with Crippen molar-refractivity contribution in [3.8, 4) is 17.0 Å². The zero-order valence-electron chi connectivity index (χ0n) is 17.3. The number of nitrogens with one attached hydrogen (secondary N) is 1. The number of rotatable bonds is 7. The van der Waals surface area contributed by atoms with Crippen LogP contribution in [-0.2, 0) is 4.79 Å². The van der Waals surface area contributed by atoms with E-state index in [4.69, 9.17) is 9.90 Å². The van der Waals surface area contributed by atoms with E-state index >= 15 is 0 Å². The lowest BCUT2D eigenvalue weighted by Crippen LogP contribution is -2.21. The highest BCUT2D eigenvalue weighted by atomic mass is 19.4. The van der Waals surface area contributed by atoms with Gasteiger partial charge in [0.1, 0.15) is 12.1 Å². The van der Waals surface area contributed by atoms with Crippen LogP contribution in [0.25, 0.3) is 11.3 Å². The van der Waals surface area contributed by atoms with Crippen molar-refractivity contribution in [3.05, 3.63) is 72.1 Å². The number of aliphatic carboxylic acids is 1. The number of ether oxygens (including phenoxy) is 1. The average molecular weight is 507 g/mol. The highest BCUT2D eigenvalue weighted by Gasteiger charge is 2.38. The Morgan fingerprint density at radius 3 is 2.11 bits per heavy atom. The number of carboxylic acids is 1. The number of aliphatic hydroxyl groups is 1. The molecule has 7 nitrogen and oxygen atoms in total. The van der Waals surface area contributed by atoms with Crippen molar-refractivity contribution >= 4 is 11.8 Å². The van der Waals surface area contributed by atoms with Crippen LogP contribution in [0.1, 0.15) is 11.7 Å². The number of nitrogens with zero attached hydrogens (tertiary/aromatic N) is 2. The van der Waals surface area contributed by atoms with Crippen molar-refractivity contribution < 1.29 is 50.5 Å². The van der Waals surface area contributed by atoms with E-state index in [1.54, 1.807) is 24.3 Å². The molecular weight excluding hydrogens is 491 g/mol. The van der Waals surface area contributed by atoms with Crippen LogP contribution in [0, 0.1) is 11.6 Å². The molecule has 0 amide bonds. The summed E-state index contributed by atoms with van der Waals surface area (Å²) in [6.45, 7) is -3.20. The Kier molecular flexibility index (Phi) is 9.34. The van der Waals surface area contributed by atoms with Gasteiger partial charge in [-0.2, -0.15) is 22.0 Å². The van der Waals surface area contributed by atoms with Gasteiger partial charge in [0.05, 0.1) is 11.8 Å². The van der Waals surface area contributed by atoms with Crippen LogP contribution >= 0.6 is 0 Å². The van der Waals surface area contributed by atoms with E-state index in [9.17, 15) is 35.8 Å². The Morgan fingerprint density at radius 1 is 1.03 bits per heavy atom. The molecule has 0 saturated heterocycles. The molecule has 3 rings (SSSR count). The van der Waals surface area contributed by atoms with Gasteiger partial charge in [-0.1, -0.05) is 30.3 Å². The number of carboxylic acid groups (broad SMARTS) is 1. The molecule has 0 bridgehead atoms. The van der Waals surface area contributed by atoms with Gasteiger partial charge in [-0.3, -0.25) is 0 Å². The zero-order chi connectivity index (χ0) is 26.2. The minimum absolute atomic E-state index is 0.0191. The molecule has 0 aliphatic heterocycles. The molecule has 1 heterocycles. The first-order valence-corrected chi connectivity index (χ1v) is 9.41. The quantitative estimate of drug-likeness (QED) is 0.395. The Balaban J connectivity index is 0.000000540. The fourth-order valence-corrected chi connectivity index (χ4v) is 2.52. The Labute approximate surface area is 192 Å². The molecule has 0 aliphatic rings. The number of aromatic nitrogens is 2. The van der Waals surface area contributed by atoms with Gasteiger partial charge in [0, 0.05) is 18.2 Å². The standard InChI is InChI=1S/C19H15F4N3O2.C2HF3O2/c20-13-6-12(7-14(21)18(13)28-19(22)23)15-8-17(26-10-25-15)24-9-16(27)11-4-2-1-3-5-11;3-2(4,5)1(6)7/h1-8,10,16,19,27H,9H2,(H,24,25,26);(H,6,7)/t16-;/m0./s1. The average Bonchev–Trinajstić information content (AvgIpc) is 2.80. The molecule has 0 saturated carbocycles. The fraction of sp³-hybridized carbons (Fsp3) is 0.190. The number of carbonyl (C=O) groups is 1. The van der Waals surface area contributed by atoms with E-state index in [1.807, 2.05) is 6.07 Å². The summed E-state index contributed by atoms with van der Waals surface area (Å²) in [5.41, 5.74) is 0.891. The predicted octanol–water partition coefficient (Wildman–Crippen LogP) is 4.80. The van der Waals surface area contributed by atoms with Gasteiger partial charge < -0.3 is 20.3 Å². The van der Waals surface area contributed by atoms with Gasteiger partial charge in [-0.05, 0) is 17.7 Å². The third-order valence-corrected chi connectivity index (χ3v) is 4.07. The minimum atomic E-state index is -5.08. The number of hydrogen-bond donors (Lipinski definition) is 3. The smallest absolute Gasteiger partial charge is 0.475 e. The maximum Gasteiger partial charge on any atom is 0.490 e. The summed E-state index contributed by atoms with van der Waals surface area (Å²) in [6.07, 6.45) is -4.70. The van der Waals surface area contributed by atoms with E-state index in [2.05, 4.69) is 20.0 Å². The maximum atomic E-state index is 13.9. The summed E-state index contributed by atoms with van der Waals surface area (Å²) in [4.78, 5) is 16.8. The van der Waals surface area contributed by atoms with Gasteiger partial charge in [0.25, 0.3) is 0 Å². The van der Waals surface area contributed by atoms with E-state index in [-0.39, 0.29) is 17.8 Å². The molecule has 1 atom stereocenters. The van der Waals surface area contributed by atoms with Crippen molar-refractivity contribution in [2.75, 3.05) is 11.9 Å². The molecule has 35 heavy (non-hydrogen) atoms. The minimum Gasteiger partial charge on any atom is -0.475 e. The Morgan fingerprint density at radius 2 is 1.60 bits per heavy atom. The van der Waals surface area contributed by atoms with Crippen molar-refractivity contribution in [3.63, 3.8) is 0 Å². The summed E-state index contributed by atoms with van der Waals surface area (Å²) in [7, 11) is 0. The zero-order valence-corrected chi connectivity index (χ0v) is 17.3. The molecule has 2 aromatic carbocycles. The van der Waals surface area contributed by atoms with Gasteiger partial charge in [0.2, 0.25) is 0 Å². The van der Waals surface area contributed by atoms with E-state index < -0.39 is 42.2 Å². The lowest BCUT2D eigenvalue weighted by atomic mass is 10.1. The maximum absolute atomic E-state index is 13.9. The molecule has 3 aromatic rings. The molecular formula is C21H16F7N3O4. The van der Waals surface area contributed by atoms with Crippen molar-refractivity contribution in [2.45, 2.75) is 18.9 Å². The van der Waals surface area contributed by atoms with Gasteiger partial charge >= 0.3 is 18.8 Å². The third kappa shape index (κ3) is 8.41. The van der Waals surface area contributed by atoms with E-state index in [1.165, 1.54) is 12.4 Å². The Bertz CT molecular complexity index is 1110. The highest BCUT2D eigenvalue weighted by molar-refractivity contribution is 5.73. The number of halogens is 7. The summed E-state index contributed by atoms with van der Waals surface area (Å²) >= 11 is 0. The summed E-state index contributed by atoms with van der Waals surface area (Å²) in [5.74, 6) is -6.15. The molecule has 14 heteroatoms. The molecule has 0 spiro atoms. The van der Waals surface area contributed by atoms with E-state index in [0.717, 1.165) is 12.1 Å². The van der Waals surface area contributed by atoms with Crippen molar-refractivity contribution in [2.24, 2.45) is 0 Å². The number of alkyl halides is 5. The first-order valence-electron chi connectivity index (χ1n) is 9.41. The van der Waals surface area contributed by atoms with Crippen LogP contribution in [0.2, 0.25) is 0 Å². The number of anilines is 1. The first kappa shape index (κ1) is 27.3. The van der Waals surface area contributed by atoms with Crippen LogP contribution in [0.3, 0.4) is 0 Å². The van der Waals surface area contributed by atoms with Crippen molar-refractivity contribution in [1.29, 1.82) is 0 Å². The second-order valence-electron chi connectivity index (χ2n) is 6.55. The largest absolute Gasteiger partial charge is 0.490 e. The molecule has 3 N–H and O–H groups in total. The molecule has 188 valence electrons. The number of aliphatic hydroxyl groups excluding tert-OH is 1. The third-order valence-electron chi connectivity index (χ3n) is 4.07. The molecule has 0 unspecified atom stereocenters. The van der Waals surface area contributed by atoms with Gasteiger partial charge in [-0.25, -0.2) is 23.5 Å². The summed E-state index contributed by atoms with van der Waals surface area (Å²) < 4.78 is 87.8. The monoisotopic (exact) mass is 507 g/mol. The summed E-state index contributed by atoms with van der Waals surface area (Å²) in [5, 5.41) is 20.2. The van der Waals surface area contributed by atoms with E-state index in [0.29, 0.717) is 11.4 Å². The SMILES string of the molecule is O=C(O)C(F)(F)F.O[C@@H](CNc1cc(-c2cc(F)c(OC(F)F)c(F)c2)ncn1)c1ccccc1. The Hall–Kier alpha value is -3.94. The topological polar surface area (TPSA) is 105 Å². The van der Waals surface area contributed by atoms with Crippen LogP contribution < -0.4 is 10.1 Å². The highest BCUT2D eigenvalue weighted by Crippen LogP contribution is 2.29. The van der Waals surface area contributed by atoms with Crippen molar-refractivity contribution in [1.82, 2.24) is 9.97 Å². The molecule has 0 fully saturated rings. The normalized spacial score (nSPS) is 11.9. The number of hydrogen-bond acceptors (Lipinski definition) is 6. The molecule has 0 aliphatic carbocycles. The second-order valence-corrected chi connectivity index (χ2v) is 6.55. The molecule has 0 radical (unpaired) electrons. The van der Waals surface area contributed by atoms with Crippen LogP contribution in [-0.4, -0.2) is 45.5 Å². The van der Waals surface area contributed by atoms with Crippen LogP contribution in [0.15, 0.2) is 54.9 Å². The first-order chi connectivity index (χ1) is 16.4. The van der Waals surface area contributed by atoms with Crippen LogP contribution in [0.5, 0.6) is 5.75 Å². The lowest BCUT2D eigenvalue weighted by molar-refractivity contribution is -0.192.